The Bertz CT molecular complexity index is 347. The average molecular weight is 642 g/mol. The molecule has 1 rings (SSSR count). The molecular weight excluding hydrogens is 636 g/mol. The highest BCUT2D eigenvalue weighted by Gasteiger charge is 2.20. The fourth-order valence-electron chi connectivity index (χ4n) is 1.00. The van der Waals surface area contributed by atoms with Gasteiger partial charge in [-0.05, 0) is 97.3 Å². The van der Waals surface area contributed by atoms with Crippen molar-refractivity contribution in [3.8, 4) is 5.75 Å². The second kappa shape index (κ2) is 5.49. The van der Waals surface area contributed by atoms with Crippen LogP contribution < -0.4 is 0 Å². The topological polar surface area (TPSA) is 40.5 Å². The van der Waals surface area contributed by atoms with E-state index in [1.807, 2.05) is 0 Å². The normalized spacial score (nSPS) is 13.0. The lowest BCUT2D eigenvalue weighted by molar-refractivity contribution is 0.197. The molecule has 0 radical (unpaired) electrons. The number of aliphatic hydroxyl groups is 1. The molecule has 0 spiro atoms. The molecule has 14 heavy (non-hydrogen) atoms. The standard InChI is InChI=1S/C8H6I4O2/c1-2(13)3-4(9)6(11)8(14)7(12)5(3)10/h2,13-14H,1H3. The summed E-state index contributed by atoms with van der Waals surface area (Å²) < 4.78 is 3.48. The molecule has 0 saturated carbocycles. The third-order valence-corrected chi connectivity index (χ3v) is 8.10. The molecule has 0 aliphatic carbocycles. The second-order valence-electron chi connectivity index (χ2n) is 2.69. The summed E-state index contributed by atoms with van der Waals surface area (Å²) in [6, 6.07) is 0. The Morgan fingerprint density at radius 3 is 1.57 bits per heavy atom. The molecule has 0 heterocycles. The number of hydrogen-bond donors (Lipinski definition) is 2. The maximum absolute atomic E-state index is 9.77. The van der Waals surface area contributed by atoms with E-state index in [4.69, 9.17) is 0 Å². The van der Waals surface area contributed by atoms with Gasteiger partial charge in [-0.25, -0.2) is 0 Å². The Hall–Kier alpha value is 1.90. The smallest absolute Gasteiger partial charge is 0.144 e. The van der Waals surface area contributed by atoms with E-state index in [1.165, 1.54) is 0 Å². The molecular formula is C8H6I4O2. The van der Waals surface area contributed by atoms with Crippen LogP contribution in [0.3, 0.4) is 0 Å². The Labute approximate surface area is 137 Å². The van der Waals surface area contributed by atoms with Crippen LogP contribution in [-0.2, 0) is 0 Å². The molecule has 0 amide bonds. The van der Waals surface area contributed by atoms with Crippen molar-refractivity contribution in [1.29, 1.82) is 0 Å². The van der Waals surface area contributed by atoms with Crippen molar-refractivity contribution < 1.29 is 10.2 Å². The van der Waals surface area contributed by atoms with E-state index in [-0.39, 0.29) is 0 Å². The van der Waals surface area contributed by atoms with Crippen molar-refractivity contribution in [2.75, 3.05) is 0 Å². The van der Waals surface area contributed by atoms with Crippen LogP contribution in [-0.4, -0.2) is 10.2 Å². The van der Waals surface area contributed by atoms with Gasteiger partial charge in [0.25, 0.3) is 0 Å². The van der Waals surface area contributed by atoms with Crippen molar-refractivity contribution in [2.24, 2.45) is 0 Å². The number of phenols is 1. The number of phenolic OH excluding ortho intramolecular Hbond substituents is 1. The second-order valence-corrected chi connectivity index (χ2v) is 7.01. The Kier molecular flexibility index (Phi) is 5.48. The summed E-state index contributed by atoms with van der Waals surface area (Å²) in [6.07, 6.45) is -0.503. The van der Waals surface area contributed by atoms with Gasteiger partial charge in [0.2, 0.25) is 0 Å². The minimum absolute atomic E-state index is 0.310. The summed E-state index contributed by atoms with van der Waals surface area (Å²) >= 11 is 8.49. The van der Waals surface area contributed by atoms with Crippen molar-refractivity contribution in [3.05, 3.63) is 19.8 Å². The van der Waals surface area contributed by atoms with Crippen molar-refractivity contribution in [2.45, 2.75) is 13.0 Å². The average Bonchev–Trinajstić information content (AvgIpc) is 2.11. The van der Waals surface area contributed by atoms with Gasteiger partial charge in [-0.1, -0.05) is 0 Å². The first-order valence-electron chi connectivity index (χ1n) is 3.60. The fraction of sp³-hybridized carbons (Fsp3) is 0.250. The maximum atomic E-state index is 9.77. The summed E-state index contributed by atoms with van der Waals surface area (Å²) in [5.41, 5.74) is 0.901. The number of aromatic hydroxyl groups is 1. The van der Waals surface area contributed by atoms with Gasteiger partial charge < -0.3 is 10.2 Å². The lowest BCUT2D eigenvalue weighted by atomic mass is 10.1. The summed E-state index contributed by atoms with van der Waals surface area (Å²) in [5.74, 6) is 0.310. The first kappa shape index (κ1) is 14.0. The predicted octanol–water partition coefficient (Wildman–Crippen LogP) is 3.86. The zero-order valence-corrected chi connectivity index (χ0v) is 15.6. The third kappa shape index (κ3) is 2.59. The van der Waals surface area contributed by atoms with Gasteiger partial charge in [0.1, 0.15) is 5.75 Å². The molecule has 0 aliphatic heterocycles. The van der Waals surface area contributed by atoms with E-state index < -0.39 is 6.10 Å². The lowest BCUT2D eigenvalue weighted by Crippen LogP contribution is -2.03. The molecule has 1 atom stereocenters. The van der Waals surface area contributed by atoms with Crippen LogP contribution in [0.25, 0.3) is 0 Å². The first-order chi connectivity index (χ1) is 6.37. The van der Waals surface area contributed by atoms with Gasteiger partial charge in [-0.2, -0.15) is 0 Å². The largest absolute Gasteiger partial charge is 0.506 e. The third-order valence-electron chi connectivity index (χ3n) is 1.69. The Morgan fingerprint density at radius 1 is 0.929 bits per heavy atom. The van der Waals surface area contributed by atoms with Crippen molar-refractivity contribution in [1.82, 2.24) is 0 Å². The molecule has 0 fully saturated rings. The Balaban J connectivity index is 3.60. The van der Waals surface area contributed by atoms with E-state index >= 15 is 0 Å². The molecule has 78 valence electrons. The van der Waals surface area contributed by atoms with E-state index in [1.54, 1.807) is 6.92 Å². The number of aliphatic hydroxyl groups excluding tert-OH is 1. The quantitative estimate of drug-likeness (QED) is 0.362. The van der Waals surface area contributed by atoms with E-state index in [9.17, 15) is 10.2 Å². The van der Waals surface area contributed by atoms with Gasteiger partial charge in [-0.3, -0.25) is 0 Å². The zero-order valence-electron chi connectivity index (χ0n) is 6.98. The molecule has 0 aromatic heterocycles. The van der Waals surface area contributed by atoms with E-state index in [0.717, 1.165) is 19.8 Å². The number of hydrogen-bond acceptors (Lipinski definition) is 2. The van der Waals surface area contributed by atoms with Crippen LogP contribution >= 0.6 is 90.4 Å². The molecule has 1 aromatic rings. The molecule has 0 bridgehead atoms. The summed E-state index contributed by atoms with van der Waals surface area (Å²) in [5, 5.41) is 19.4. The fourth-order valence-corrected chi connectivity index (χ4v) is 5.11. The van der Waals surface area contributed by atoms with Crippen LogP contribution in [0.5, 0.6) is 5.75 Å². The monoisotopic (exact) mass is 642 g/mol. The lowest BCUT2D eigenvalue weighted by Gasteiger charge is -2.15. The van der Waals surface area contributed by atoms with Gasteiger partial charge in [-0.15, -0.1) is 0 Å². The molecule has 6 heteroatoms. The van der Waals surface area contributed by atoms with Crippen LogP contribution in [0.2, 0.25) is 0 Å². The minimum Gasteiger partial charge on any atom is -0.506 e. The molecule has 2 nitrogen and oxygen atoms in total. The molecule has 1 aromatic carbocycles. The van der Waals surface area contributed by atoms with E-state index in [2.05, 4.69) is 90.4 Å². The van der Waals surface area contributed by atoms with E-state index in [0.29, 0.717) is 5.75 Å². The highest BCUT2D eigenvalue weighted by molar-refractivity contribution is 14.1. The maximum Gasteiger partial charge on any atom is 0.144 e. The number of rotatable bonds is 1. The molecule has 2 N–H and O–H groups in total. The number of halogens is 4. The van der Waals surface area contributed by atoms with Crippen LogP contribution in [0.15, 0.2) is 0 Å². The summed E-state index contributed by atoms with van der Waals surface area (Å²) in [7, 11) is 0. The SMILES string of the molecule is CC(O)c1c(I)c(I)c(O)c(I)c1I. The molecule has 0 saturated heterocycles. The number of benzene rings is 1. The first-order valence-corrected chi connectivity index (χ1v) is 7.92. The zero-order chi connectivity index (χ0) is 11.0. The Morgan fingerprint density at radius 2 is 1.29 bits per heavy atom. The van der Waals surface area contributed by atoms with Gasteiger partial charge in [0.15, 0.2) is 0 Å². The molecule has 0 aliphatic rings. The summed E-state index contributed by atoms with van der Waals surface area (Å²) in [4.78, 5) is 0. The van der Waals surface area contributed by atoms with Crippen molar-refractivity contribution in [3.63, 3.8) is 0 Å². The molecule has 1 unspecified atom stereocenters. The van der Waals surface area contributed by atoms with Gasteiger partial charge in [0, 0.05) is 12.7 Å². The highest BCUT2D eigenvalue weighted by atomic mass is 127. The minimum atomic E-state index is -0.503. The van der Waals surface area contributed by atoms with Crippen molar-refractivity contribution >= 4 is 90.4 Å². The predicted molar refractivity (Wildman–Crippen MR) is 89.6 cm³/mol. The summed E-state index contributed by atoms with van der Waals surface area (Å²) in [6.45, 7) is 1.74. The van der Waals surface area contributed by atoms with Crippen LogP contribution in [0.4, 0.5) is 0 Å². The van der Waals surface area contributed by atoms with Gasteiger partial charge in [0.05, 0.1) is 13.2 Å². The highest BCUT2D eigenvalue weighted by Crippen LogP contribution is 2.39. The van der Waals surface area contributed by atoms with Gasteiger partial charge >= 0.3 is 0 Å². The van der Waals surface area contributed by atoms with Crippen LogP contribution in [0.1, 0.15) is 18.6 Å². The van der Waals surface area contributed by atoms with Crippen LogP contribution in [0, 0.1) is 14.3 Å².